The summed E-state index contributed by atoms with van der Waals surface area (Å²) >= 11 is 0. The fraction of sp³-hybridized carbons (Fsp3) is 0.556. The first kappa shape index (κ1) is 14.2. The molecule has 0 saturated carbocycles. The van der Waals surface area contributed by atoms with E-state index < -0.39 is 0 Å². The number of hydrogen-bond acceptors (Lipinski definition) is 1. The predicted octanol–water partition coefficient (Wildman–Crippen LogP) is 4.19. The van der Waals surface area contributed by atoms with Crippen LogP contribution < -0.4 is 5.32 Å². The Kier molecular flexibility index (Phi) is 4.32. The lowest BCUT2D eigenvalue weighted by atomic mass is 9.71. The topological polar surface area (TPSA) is 12.0 Å². The standard InChI is InChI=1S/C18H25N/c1-5-9-14(6-2)19-17-12-13-18(3,4)16-11-8-7-10-15(16)17/h2,7-8,10-11,14,17,19H,5,9,12-13H2,1,3-4H3. The van der Waals surface area contributed by atoms with Crippen LogP contribution in [0.1, 0.15) is 63.6 Å². The highest BCUT2D eigenvalue weighted by atomic mass is 14.9. The van der Waals surface area contributed by atoms with Crippen molar-refractivity contribution in [2.75, 3.05) is 0 Å². The van der Waals surface area contributed by atoms with Gasteiger partial charge >= 0.3 is 0 Å². The molecule has 0 aliphatic heterocycles. The van der Waals surface area contributed by atoms with Crippen molar-refractivity contribution < 1.29 is 0 Å². The summed E-state index contributed by atoms with van der Waals surface area (Å²) in [5.41, 5.74) is 3.20. The average molecular weight is 255 g/mol. The van der Waals surface area contributed by atoms with Crippen LogP contribution in [-0.2, 0) is 5.41 Å². The minimum Gasteiger partial charge on any atom is -0.297 e. The number of nitrogens with one attached hydrogen (secondary N) is 1. The van der Waals surface area contributed by atoms with Crippen LogP contribution >= 0.6 is 0 Å². The fourth-order valence-corrected chi connectivity index (χ4v) is 3.13. The number of hydrogen-bond donors (Lipinski definition) is 1. The Hall–Kier alpha value is -1.26. The van der Waals surface area contributed by atoms with E-state index in [1.54, 1.807) is 0 Å². The number of fused-ring (bicyclic) bond motifs is 1. The van der Waals surface area contributed by atoms with Gasteiger partial charge in [-0.3, -0.25) is 5.32 Å². The van der Waals surface area contributed by atoms with E-state index in [2.05, 4.69) is 56.3 Å². The van der Waals surface area contributed by atoms with E-state index in [1.165, 1.54) is 24.0 Å². The zero-order valence-corrected chi connectivity index (χ0v) is 12.4. The monoisotopic (exact) mass is 255 g/mol. The Balaban J connectivity index is 2.23. The van der Waals surface area contributed by atoms with Gasteiger partial charge in [0, 0.05) is 6.04 Å². The predicted molar refractivity (Wildman–Crippen MR) is 82.1 cm³/mol. The van der Waals surface area contributed by atoms with Gasteiger partial charge in [0.15, 0.2) is 0 Å². The molecule has 1 aliphatic rings. The van der Waals surface area contributed by atoms with E-state index in [1.807, 2.05) is 0 Å². The number of rotatable bonds is 4. The van der Waals surface area contributed by atoms with Crippen molar-refractivity contribution >= 4 is 0 Å². The maximum atomic E-state index is 5.64. The van der Waals surface area contributed by atoms with Gasteiger partial charge in [0.25, 0.3) is 0 Å². The summed E-state index contributed by atoms with van der Waals surface area (Å²) in [6, 6.07) is 9.43. The lowest BCUT2D eigenvalue weighted by Crippen LogP contribution is -2.37. The Bertz CT molecular complexity index is 467. The highest BCUT2D eigenvalue weighted by Crippen LogP contribution is 2.41. The molecule has 2 rings (SSSR count). The minimum absolute atomic E-state index is 0.198. The Labute approximate surface area is 117 Å². The van der Waals surface area contributed by atoms with Gasteiger partial charge in [-0.1, -0.05) is 57.4 Å². The van der Waals surface area contributed by atoms with Crippen LogP contribution in [0.25, 0.3) is 0 Å². The van der Waals surface area contributed by atoms with Crippen LogP contribution in [-0.4, -0.2) is 6.04 Å². The zero-order valence-electron chi connectivity index (χ0n) is 12.4. The Morgan fingerprint density at radius 2 is 2.16 bits per heavy atom. The summed E-state index contributed by atoms with van der Waals surface area (Å²) < 4.78 is 0. The molecule has 1 aromatic rings. The van der Waals surface area contributed by atoms with Crippen LogP contribution in [0.2, 0.25) is 0 Å². The molecule has 102 valence electrons. The SMILES string of the molecule is C#CC(CCC)NC1CCC(C)(C)c2ccccc21. The summed E-state index contributed by atoms with van der Waals surface area (Å²) in [4.78, 5) is 0. The smallest absolute Gasteiger partial charge is 0.0691 e. The highest BCUT2D eigenvalue weighted by Gasteiger charge is 2.32. The van der Waals surface area contributed by atoms with Gasteiger partial charge in [0.2, 0.25) is 0 Å². The Morgan fingerprint density at radius 1 is 1.42 bits per heavy atom. The van der Waals surface area contributed by atoms with Crippen molar-refractivity contribution in [1.82, 2.24) is 5.32 Å². The summed E-state index contributed by atoms with van der Waals surface area (Å²) in [7, 11) is 0. The van der Waals surface area contributed by atoms with Gasteiger partial charge < -0.3 is 0 Å². The van der Waals surface area contributed by atoms with Crippen molar-refractivity contribution in [3.63, 3.8) is 0 Å². The van der Waals surface area contributed by atoms with Crippen molar-refractivity contribution in [3.8, 4) is 12.3 Å². The third-order valence-corrected chi connectivity index (χ3v) is 4.30. The molecule has 1 heteroatoms. The second-order valence-corrected chi connectivity index (χ2v) is 6.24. The van der Waals surface area contributed by atoms with E-state index in [-0.39, 0.29) is 11.5 Å². The van der Waals surface area contributed by atoms with Crippen LogP contribution in [0.3, 0.4) is 0 Å². The van der Waals surface area contributed by atoms with E-state index in [0.29, 0.717) is 6.04 Å². The molecular weight excluding hydrogens is 230 g/mol. The molecule has 2 unspecified atom stereocenters. The molecule has 0 aromatic heterocycles. The van der Waals surface area contributed by atoms with Gasteiger partial charge in [-0.25, -0.2) is 0 Å². The Morgan fingerprint density at radius 3 is 2.84 bits per heavy atom. The molecule has 1 aromatic carbocycles. The average Bonchev–Trinajstić information content (AvgIpc) is 2.41. The first-order chi connectivity index (χ1) is 9.08. The maximum absolute atomic E-state index is 5.64. The molecule has 19 heavy (non-hydrogen) atoms. The van der Waals surface area contributed by atoms with E-state index in [9.17, 15) is 0 Å². The lowest BCUT2D eigenvalue weighted by Gasteiger charge is -2.38. The summed E-state index contributed by atoms with van der Waals surface area (Å²) in [6.07, 6.45) is 10.2. The van der Waals surface area contributed by atoms with E-state index in [4.69, 9.17) is 6.42 Å². The largest absolute Gasteiger partial charge is 0.297 e. The summed E-state index contributed by atoms with van der Waals surface area (Å²) in [5, 5.41) is 3.66. The van der Waals surface area contributed by atoms with Crippen LogP contribution in [0.5, 0.6) is 0 Å². The van der Waals surface area contributed by atoms with E-state index in [0.717, 1.165) is 12.8 Å². The van der Waals surface area contributed by atoms with Crippen LogP contribution in [0.4, 0.5) is 0 Å². The highest BCUT2D eigenvalue weighted by molar-refractivity contribution is 5.38. The fourth-order valence-electron chi connectivity index (χ4n) is 3.13. The molecular formula is C18H25N. The zero-order chi connectivity index (χ0) is 13.9. The molecule has 1 aliphatic carbocycles. The summed E-state index contributed by atoms with van der Waals surface area (Å²) in [5.74, 6) is 2.89. The molecule has 0 spiro atoms. The molecule has 1 nitrogen and oxygen atoms in total. The normalized spacial score (nSPS) is 22.3. The molecule has 0 amide bonds. The second-order valence-electron chi connectivity index (χ2n) is 6.24. The molecule has 0 saturated heterocycles. The maximum Gasteiger partial charge on any atom is 0.0691 e. The van der Waals surface area contributed by atoms with Gasteiger partial charge in [0.1, 0.15) is 0 Å². The molecule has 0 fully saturated rings. The lowest BCUT2D eigenvalue weighted by molar-refractivity contribution is 0.344. The third-order valence-electron chi connectivity index (χ3n) is 4.30. The van der Waals surface area contributed by atoms with Gasteiger partial charge in [0.05, 0.1) is 6.04 Å². The first-order valence-corrected chi connectivity index (χ1v) is 7.40. The minimum atomic E-state index is 0.198. The van der Waals surface area contributed by atoms with Gasteiger partial charge in [-0.15, -0.1) is 6.42 Å². The quantitative estimate of drug-likeness (QED) is 0.795. The second kappa shape index (κ2) is 5.80. The van der Waals surface area contributed by atoms with Gasteiger partial charge in [-0.2, -0.15) is 0 Å². The van der Waals surface area contributed by atoms with Crippen LogP contribution in [0.15, 0.2) is 24.3 Å². The summed E-state index contributed by atoms with van der Waals surface area (Å²) in [6.45, 7) is 6.86. The van der Waals surface area contributed by atoms with Crippen molar-refractivity contribution in [3.05, 3.63) is 35.4 Å². The van der Waals surface area contributed by atoms with Gasteiger partial charge in [-0.05, 0) is 35.8 Å². The molecule has 0 radical (unpaired) electrons. The molecule has 1 N–H and O–H groups in total. The first-order valence-electron chi connectivity index (χ1n) is 7.40. The number of terminal acetylenes is 1. The molecule has 0 bridgehead atoms. The molecule has 2 atom stereocenters. The molecule has 0 heterocycles. The van der Waals surface area contributed by atoms with Crippen molar-refractivity contribution in [2.24, 2.45) is 0 Å². The van der Waals surface area contributed by atoms with Crippen molar-refractivity contribution in [1.29, 1.82) is 0 Å². The third kappa shape index (κ3) is 3.01. The van der Waals surface area contributed by atoms with Crippen LogP contribution in [0, 0.1) is 12.3 Å². The van der Waals surface area contributed by atoms with Crippen molar-refractivity contribution in [2.45, 2.75) is 64.0 Å². The van der Waals surface area contributed by atoms with E-state index >= 15 is 0 Å². The number of benzene rings is 1.